The summed E-state index contributed by atoms with van der Waals surface area (Å²) in [7, 11) is 0. The highest BCUT2D eigenvalue weighted by Crippen LogP contribution is 2.23. The Labute approximate surface area is 117 Å². The molecule has 3 heteroatoms. The minimum absolute atomic E-state index is 0.0239. The molecule has 0 saturated heterocycles. The van der Waals surface area contributed by atoms with Crippen LogP contribution in [-0.4, -0.2) is 15.8 Å². The first-order valence-electron chi connectivity index (χ1n) is 6.51. The molecule has 0 saturated carbocycles. The third-order valence-corrected chi connectivity index (χ3v) is 3.14. The number of carbonyl (C=O) groups is 1. The van der Waals surface area contributed by atoms with Crippen molar-refractivity contribution in [2.45, 2.75) is 6.92 Å². The molecular formula is C17H14N2O. The van der Waals surface area contributed by atoms with Crippen molar-refractivity contribution in [3.63, 3.8) is 0 Å². The number of allylic oxidation sites excluding steroid dienone is 2. The number of carbonyl (C=O) groups excluding carboxylic acids is 1. The summed E-state index contributed by atoms with van der Waals surface area (Å²) in [6.07, 6.45) is 3.30. The molecule has 0 atom stereocenters. The number of rotatable bonds is 3. The van der Waals surface area contributed by atoms with Gasteiger partial charge in [0, 0.05) is 11.1 Å². The van der Waals surface area contributed by atoms with Crippen LogP contribution in [0.2, 0.25) is 0 Å². The molecule has 0 amide bonds. The molecule has 0 radical (unpaired) electrons. The van der Waals surface area contributed by atoms with Crippen LogP contribution in [0.3, 0.4) is 0 Å². The predicted octanol–water partition coefficient (Wildman–Crippen LogP) is 3.99. The Bertz CT molecular complexity index is 785. The number of para-hydroxylation sites is 1. The van der Waals surface area contributed by atoms with E-state index in [2.05, 4.69) is 9.97 Å². The van der Waals surface area contributed by atoms with Crippen molar-refractivity contribution < 1.29 is 4.79 Å². The number of H-pyrrole nitrogens is 1. The number of ketones is 1. The Hall–Kier alpha value is -2.68. The number of nitrogens with zero attached hydrogens (tertiary/aromatic N) is 1. The lowest BCUT2D eigenvalue weighted by atomic mass is 10.1. The van der Waals surface area contributed by atoms with Gasteiger partial charge in [-0.3, -0.25) is 4.79 Å². The summed E-state index contributed by atoms with van der Waals surface area (Å²) in [5, 5.41) is 0. The minimum Gasteiger partial charge on any atom is -0.338 e. The highest BCUT2D eigenvalue weighted by molar-refractivity contribution is 6.12. The summed E-state index contributed by atoms with van der Waals surface area (Å²) in [4.78, 5) is 19.9. The van der Waals surface area contributed by atoms with Crippen LogP contribution in [0.5, 0.6) is 0 Å². The van der Waals surface area contributed by atoms with E-state index in [9.17, 15) is 4.79 Å². The molecular weight excluding hydrogens is 248 g/mol. The third kappa shape index (κ3) is 2.14. The maximum atomic E-state index is 12.1. The average Bonchev–Trinajstić information content (AvgIpc) is 2.92. The highest BCUT2D eigenvalue weighted by Gasteiger charge is 2.12. The Kier molecular flexibility index (Phi) is 3.17. The number of benzene rings is 2. The quantitative estimate of drug-likeness (QED) is 0.573. The number of fused-ring (bicyclic) bond motifs is 1. The van der Waals surface area contributed by atoms with Gasteiger partial charge in [0.1, 0.15) is 11.3 Å². The van der Waals surface area contributed by atoms with Gasteiger partial charge in [0.05, 0.1) is 5.52 Å². The maximum absolute atomic E-state index is 12.1. The zero-order valence-corrected chi connectivity index (χ0v) is 11.1. The minimum atomic E-state index is -0.0239. The van der Waals surface area contributed by atoms with Gasteiger partial charge in [-0.2, -0.15) is 0 Å². The average molecular weight is 262 g/mol. The number of hydrogen-bond donors (Lipinski definition) is 1. The van der Waals surface area contributed by atoms with Crippen LogP contribution >= 0.6 is 0 Å². The van der Waals surface area contributed by atoms with Crippen LogP contribution in [0, 0.1) is 0 Å². The zero-order valence-electron chi connectivity index (χ0n) is 11.1. The van der Waals surface area contributed by atoms with Crippen molar-refractivity contribution in [2.75, 3.05) is 0 Å². The number of aromatic amines is 1. The number of aromatic nitrogens is 2. The predicted molar refractivity (Wildman–Crippen MR) is 80.7 cm³/mol. The van der Waals surface area contributed by atoms with Crippen LogP contribution in [0.1, 0.15) is 17.3 Å². The molecule has 0 bridgehead atoms. The zero-order chi connectivity index (χ0) is 13.9. The van der Waals surface area contributed by atoms with Crippen molar-refractivity contribution in [3.05, 3.63) is 66.2 Å². The molecule has 3 aromatic rings. The largest absolute Gasteiger partial charge is 0.338 e. The molecule has 0 unspecified atom stereocenters. The lowest BCUT2D eigenvalue weighted by molar-refractivity contribution is 0.104. The molecule has 98 valence electrons. The molecule has 1 heterocycles. The molecule has 20 heavy (non-hydrogen) atoms. The molecule has 3 rings (SSSR count). The van der Waals surface area contributed by atoms with E-state index in [1.807, 2.05) is 49.4 Å². The Morgan fingerprint density at radius 1 is 1.10 bits per heavy atom. The maximum Gasteiger partial charge on any atom is 0.187 e. The van der Waals surface area contributed by atoms with Gasteiger partial charge >= 0.3 is 0 Å². The van der Waals surface area contributed by atoms with Gasteiger partial charge in [-0.05, 0) is 25.1 Å². The summed E-state index contributed by atoms with van der Waals surface area (Å²) < 4.78 is 0. The molecule has 2 aromatic carbocycles. The van der Waals surface area contributed by atoms with Gasteiger partial charge in [0.15, 0.2) is 5.78 Å². The van der Waals surface area contributed by atoms with Gasteiger partial charge in [-0.15, -0.1) is 0 Å². The molecule has 0 aliphatic heterocycles. The van der Waals surface area contributed by atoms with Gasteiger partial charge in [-0.1, -0.05) is 42.5 Å². The Balaban J connectivity index is 2.17. The first-order valence-corrected chi connectivity index (χ1v) is 6.51. The SMILES string of the molecule is CC=CC(=O)c1cccc2[nH]c(-c3ccccc3)nc12. The summed E-state index contributed by atoms with van der Waals surface area (Å²) >= 11 is 0. The second-order valence-electron chi connectivity index (χ2n) is 4.52. The second-order valence-corrected chi connectivity index (χ2v) is 4.52. The van der Waals surface area contributed by atoms with Gasteiger partial charge in [-0.25, -0.2) is 4.98 Å². The first kappa shape index (κ1) is 12.4. The van der Waals surface area contributed by atoms with E-state index in [1.54, 1.807) is 18.2 Å². The van der Waals surface area contributed by atoms with Gasteiger partial charge < -0.3 is 4.98 Å². The summed E-state index contributed by atoms with van der Waals surface area (Å²) in [5.41, 5.74) is 3.22. The van der Waals surface area contributed by atoms with Gasteiger partial charge in [0.25, 0.3) is 0 Å². The molecule has 0 aliphatic rings. The molecule has 0 fully saturated rings. The first-order chi connectivity index (χ1) is 9.79. The Morgan fingerprint density at radius 2 is 1.90 bits per heavy atom. The molecule has 0 spiro atoms. The number of nitrogens with one attached hydrogen (secondary N) is 1. The van der Waals surface area contributed by atoms with Gasteiger partial charge in [0.2, 0.25) is 0 Å². The molecule has 1 aromatic heterocycles. The monoisotopic (exact) mass is 262 g/mol. The fourth-order valence-corrected chi connectivity index (χ4v) is 2.20. The topological polar surface area (TPSA) is 45.8 Å². The van der Waals surface area contributed by atoms with Crippen molar-refractivity contribution in [2.24, 2.45) is 0 Å². The van der Waals surface area contributed by atoms with E-state index in [-0.39, 0.29) is 5.78 Å². The smallest absolute Gasteiger partial charge is 0.187 e. The van der Waals surface area contributed by atoms with Crippen LogP contribution in [0.25, 0.3) is 22.4 Å². The lowest BCUT2D eigenvalue weighted by Crippen LogP contribution is -1.95. The van der Waals surface area contributed by atoms with Crippen molar-refractivity contribution in [3.8, 4) is 11.4 Å². The van der Waals surface area contributed by atoms with Crippen LogP contribution in [0.15, 0.2) is 60.7 Å². The van der Waals surface area contributed by atoms with Crippen LogP contribution < -0.4 is 0 Å². The normalized spacial score (nSPS) is 11.2. The molecule has 0 aliphatic carbocycles. The summed E-state index contributed by atoms with van der Waals surface area (Å²) in [5.74, 6) is 0.755. The highest BCUT2D eigenvalue weighted by atomic mass is 16.1. The lowest BCUT2D eigenvalue weighted by Gasteiger charge is -1.96. The fraction of sp³-hybridized carbons (Fsp3) is 0.0588. The van der Waals surface area contributed by atoms with E-state index in [1.165, 1.54) is 0 Å². The fourth-order valence-electron chi connectivity index (χ4n) is 2.20. The summed E-state index contributed by atoms with van der Waals surface area (Å²) in [6.45, 7) is 1.83. The van der Waals surface area contributed by atoms with Crippen LogP contribution in [0.4, 0.5) is 0 Å². The van der Waals surface area contributed by atoms with E-state index < -0.39 is 0 Å². The van der Waals surface area contributed by atoms with Crippen LogP contribution in [-0.2, 0) is 0 Å². The van der Waals surface area contributed by atoms with E-state index >= 15 is 0 Å². The van der Waals surface area contributed by atoms with E-state index in [0.717, 1.165) is 22.4 Å². The Morgan fingerprint density at radius 3 is 2.65 bits per heavy atom. The molecule has 1 N–H and O–H groups in total. The third-order valence-electron chi connectivity index (χ3n) is 3.14. The van der Waals surface area contributed by atoms with E-state index in [0.29, 0.717) is 5.56 Å². The van der Waals surface area contributed by atoms with Crippen molar-refractivity contribution >= 4 is 16.8 Å². The van der Waals surface area contributed by atoms with E-state index in [4.69, 9.17) is 0 Å². The standard InChI is InChI=1S/C17H14N2O/c1-2-7-15(20)13-10-6-11-14-16(13)19-17(18-14)12-8-4-3-5-9-12/h2-11H,1H3,(H,18,19). The number of imidazole rings is 1. The molecule has 3 nitrogen and oxygen atoms in total. The number of hydrogen-bond acceptors (Lipinski definition) is 2. The van der Waals surface area contributed by atoms with Crippen molar-refractivity contribution in [1.29, 1.82) is 0 Å². The second kappa shape index (κ2) is 5.13. The summed E-state index contributed by atoms with van der Waals surface area (Å²) in [6, 6.07) is 15.5. The van der Waals surface area contributed by atoms with Crippen molar-refractivity contribution in [1.82, 2.24) is 9.97 Å².